The molecule has 3 amide bonds. The number of hydrogen-bond acceptors (Lipinski definition) is 6. The monoisotopic (exact) mass is 350 g/mol. The maximum Gasteiger partial charge on any atom is 0.409 e. The molecule has 3 rings (SSSR count). The van der Waals surface area contributed by atoms with Crippen molar-refractivity contribution in [2.75, 3.05) is 25.0 Å². The third-order valence-electron chi connectivity index (χ3n) is 4.27. The highest BCUT2D eigenvalue weighted by Crippen LogP contribution is 2.30. The molecule has 1 saturated heterocycles. The summed E-state index contributed by atoms with van der Waals surface area (Å²) in [5, 5.41) is 5.43. The lowest BCUT2D eigenvalue weighted by Gasteiger charge is -2.31. The Morgan fingerprint density at radius 1 is 1.28 bits per heavy atom. The molecule has 0 atom stereocenters. The summed E-state index contributed by atoms with van der Waals surface area (Å²) in [5.74, 6) is -0.445. The van der Waals surface area contributed by atoms with Gasteiger partial charge in [-0.2, -0.15) is 4.98 Å². The first kappa shape index (κ1) is 17.2. The fraction of sp³-hybridized carbons (Fsp3) is 0.625. The molecular weight excluding hydrogens is 328 g/mol. The van der Waals surface area contributed by atoms with Crippen LogP contribution in [0.15, 0.2) is 10.7 Å². The van der Waals surface area contributed by atoms with E-state index in [0.29, 0.717) is 32.5 Å². The van der Waals surface area contributed by atoms with Crippen LogP contribution in [0.1, 0.15) is 43.1 Å². The number of carbonyl (C=O) groups is 3. The maximum absolute atomic E-state index is 12.2. The van der Waals surface area contributed by atoms with E-state index in [-0.39, 0.29) is 41.6 Å². The summed E-state index contributed by atoms with van der Waals surface area (Å²) in [6.45, 7) is 3.18. The van der Waals surface area contributed by atoms with E-state index in [2.05, 4.69) is 15.6 Å². The number of ether oxygens (including phenoxy) is 1. The normalized spacial score (nSPS) is 17.9. The average molecular weight is 350 g/mol. The molecule has 25 heavy (non-hydrogen) atoms. The Bertz CT molecular complexity index is 647. The summed E-state index contributed by atoms with van der Waals surface area (Å²) in [7, 11) is 0. The Labute approximate surface area is 145 Å². The first-order chi connectivity index (χ1) is 12.1. The molecule has 0 radical (unpaired) electrons. The Balaban J connectivity index is 1.45. The summed E-state index contributed by atoms with van der Waals surface area (Å²) in [6.07, 6.45) is 3.96. The fourth-order valence-electron chi connectivity index (χ4n) is 2.67. The number of oxazole rings is 1. The molecule has 2 fully saturated rings. The van der Waals surface area contributed by atoms with Crippen molar-refractivity contribution in [3.8, 4) is 0 Å². The smallest absolute Gasteiger partial charge is 0.409 e. The number of hydrogen-bond donors (Lipinski definition) is 2. The summed E-state index contributed by atoms with van der Waals surface area (Å²) in [6, 6.07) is -0.00133. The Hall–Kier alpha value is -2.58. The van der Waals surface area contributed by atoms with Crippen LogP contribution >= 0.6 is 0 Å². The van der Waals surface area contributed by atoms with Gasteiger partial charge in [-0.05, 0) is 32.6 Å². The van der Waals surface area contributed by atoms with Crippen molar-refractivity contribution in [1.82, 2.24) is 15.2 Å². The highest BCUT2D eigenvalue weighted by Gasteiger charge is 2.31. The number of aromatic nitrogens is 1. The highest BCUT2D eigenvalue weighted by atomic mass is 16.6. The van der Waals surface area contributed by atoms with E-state index >= 15 is 0 Å². The third-order valence-corrected chi connectivity index (χ3v) is 4.27. The van der Waals surface area contributed by atoms with Crippen molar-refractivity contribution >= 4 is 23.9 Å². The number of amides is 3. The molecule has 1 aromatic heterocycles. The molecule has 0 spiro atoms. The van der Waals surface area contributed by atoms with Gasteiger partial charge in [-0.3, -0.25) is 14.9 Å². The number of likely N-dealkylation sites (tertiary alicyclic amines) is 1. The second kappa shape index (κ2) is 7.54. The van der Waals surface area contributed by atoms with Gasteiger partial charge in [-0.15, -0.1) is 0 Å². The van der Waals surface area contributed by atoms with Crippen LogP contribution in [0.3, 0.4) is 0 Å². The fourth-order valence-corrected chi connectivity index (χ4v) is 2.67. The summed E-state index contributed by atoms with van der Waals surface area (Å²) in [4.78, 5) is 41.2. The molecule has 0 aromatic carbocycles. The molecular formula is C16H22N4O5. The maximum atomic E-state index is 12.2. The zero-order valence-corrected chi connectivity index (χ0v) is 14.1. The van der Waals surface area contributed by atoms with Gasteiger partial charge < -0.3 is 19.4 Å². The molecule has 2 aliphatic rings. The van der Waals surface area contributed by atoms with Gasteiger partial charge in [-0.1, -0.05) is 0 Å². The molecule has 0 unspecified atom stereocenters. The van der Waals surface area contributed by atoms with Gasteiger partial charge >= 0.3 is 12.1 Å². The number of carbonyl (C=O) groups excluding carboxylic acids is 3. The van der Waals surface area contributed by atoms with E-state index in [9.17, 15) is 14.4 Å². The number of nitrogens with one attached hydrogen (secondary N) is 2. The SMILES string of the molecule is CCOC(=O)N1CCC(NC(=O)c2coc(NC(=O)C3CC3)n2)CC1. The lowest BCUT2D eigenvalue weighted by Crippen LogP contribution is -2.46. The summed E-state index contributed by atoms with van der Waals surface area (Å²) >= 11 is 0. The molecule has 1 aromatic rings. The average Bonchev–Trinajstić information content (AvgIpc) is 3.35. The minimum atomic E-state index is -0.356. The predicted molar refractivity (Wildman–Crippen MR) is 86.9 cm³/mol. The number of anilines is 1. The number of piperidine rings is 1. The zero-order valence-electron chi connectivity index (χ0n) is 14.1. The van der Waals surface area contributed by atoms with Crippen molar-refractivity contribution < 1.29 is 23.5 Å². The first-order valence-corrected chi connectivity index (χ1v) is 8.55. The number of nitrogens with zero attached hydrogens (tertiary/aromatic N) is 2. The van der Waals surface area contributed by atoms with E-state index in [1.54, 1.807) is 11.8 Å². The molecule has 1 saturated carbocycles. The van der Waals surface area contributed by atoms with Crippen molar-refractivity contribution in [2.24, 2.45) is 5.92 Å². The quantitative estimate of drug-likeness (QED) is 0.829. The Morgan fingerprint density at radius 3 is 2.64 bits per heavy atom. The molecule has 0 bridgehead atoms. The van der Waals surface area contributed by atoms with E-state index in [4.69, 9.17) is 9.15 Å². The van der Waals surface area contributed by atoms with Crippen molar-refractivity contribution in [3.63, 3.8) is 0 Å². The minimum absolute atomic E-state index is 0.0359. The van der Waals surface area contributed by atoms with Gasteiger partial charge in [-0.25, -0.2) is 4.79 Å². The second-order valence-electron chi connectivity index (χ2n) is 6.24. The lowest BCUT2D eigenvalue weighted by atomic mass is 10.1. The van der Waals surface area contributed by atoms with Crippen LogP contribution in [0.5, 0.6) is 0 Å². The highest BCUT2D eigenvalue weighted by molar-refractivity contribution is 5.94. The Morgan fingerprint density at radius 2 is 2.00 bits per heavy atom. The first-order valence-electron chi connectivity index (χ1n) is 8.55. The molecule has 1 aliphatic heterocycles. The van der Waals surface area contributed by atoms with Crippen LogP contribution in [-0.4, -0.2) is 53.5 Å². The van der Waals surface area contributed by atoms with Crippen LogP contribution < -0.4 is 10.6 Å². The molecule has 2 heterocycles. The van der Waals surface area contributed by atoms with Gasteiger partial charge in [0.1, 0.15) is 6.26 Å². The van der Waals surface area contributed by atoms with Crippen LogP contribution in [0.25, 0.3) is 0 Å². The molecule has 136 valence electrons. The van der Waals surface area contributed by atoms with E-state index in [1.807, 2.05) is 0 Å². The molecule has 1 aliphatic carbocycles. The van der Waals surface area contributed by atoms with Crippen LogP contribution in [0, 0.1) is 5.92 Å². The summed E-state index contributed by atoms with van der Waals surface area (Å²) in [5.41, 5.74) is 0.124. The third kappa shape index (κ3) is 4.49. The van der Waals surface area contributed by atoms with Crippen molar-refractivity contribution in [1.29, 1.82) is 0 Å². The van der Waals surface area contributed by atoms with Gasteiger partial charge in [0.25, 0.3) is 5.91 Å². The largest absolute Gasteiger partial charge is 0.450 e. The standard InChI is InChI=1S/C16H22N4O5/c1-2-24-16(23)20-7-5-11(6-8-20)17-14(22)12-9-25-15(18-12)19-13(21)10-3-4-10/h9-11H,2-8H2,1H3,(H,17,22)(H,18,19,21). The molecule has 9 heteroatoms. The molecule has 9 nitrogen and oxygen atoms in total. The lowest BCUT2D eigenvalue weighted by molar-refractivity contribution is -0.117. The van der Waals surface area contributed by atoms with E-state index in [1.165, 1.54) is 6.26 Å². The zero-order chi connectivity index (χ0) is 17.8. The van der Waals surface area contributed by atoms with Gasteiger partial charge in [0.2, 0.25) is 5.91 Å². The van der Waals surface area contributed by atoms with Crippen LogP contribution in [0.2, 0.25) is 0 Å². The van der Waals surface area contributed by atoms with Crippen molar-refractivity contribution in [2.45, 2.75) is 38.6 Å². The Kier molecular flexibility index (Phi) is 5.20. The van der Waals surface area contributed by atoms with E-state index < -0.39 is 0 Å². The molecule has 2 N–H and O–H groups in total. The minimum Gasteiger partial charge on any atom is -0.450 e. The van der Waals surface area contributed by atoms with Gasteiger partial charge in [0.15, 0.2) is 5.69 Å². The van der Waals surface area contributed by atoms with Crippen molar-refractivity contribution in [3.05, 3.63) is 12.0 Å². The van der Waals surface area contributed by atoms with Crippen LogP contribution in [0.4, 0.5) is 10.8 Å². The van der Waals surface area contributed by atoms with Gasteiger partial charge in [0, 0.05) is 25.0 Å². The van der Waals surface area contributed by atoms with E-state index in [0.717, 1.165) is 12.8 Å². The number of rotatable bonds is 5. The second-order valence-corrected chi connectivity index (χ2v) is 6.24. The topological polar surface area (TPSA) is 114 Å². The summed E-state index contributed by atoms with van der Waals surface area (Å²) < 4.78 is 10.1. The van der Waals surface area contributed by atoms with Crippen LogP contribution in [-0.2, 0) is 9.53 Å². The van der Waals surface area contributed by atoms with Gasteiger partial charge in [0.05, 0.1) is 6.61 Å². The predicted octanol–water partition coefficient (Wildman–Crippen LogP) is 1.37.